The van der Waals surface area contributed by atoms with Crippen LogP contribution in [0.25, 0.3) is 22.0 Å². The predicted molar refractivity (Wildman–Crippen MR) is 120 cm³/mol. The number of aromatic nitrogens is 2. The van der Waals surface area contributed by atoms with Crippen molar-refractivity contribution in [2.24, 2.45) is 7.05 Å². The molecule has 0 atom stereocenters. The van der Waals surface area contributed by atoms with E-state index in [1.165, 1.54) is 11.1 Å². The van der Waals surface area contributed by atoms with Gasteiger partial charge in [-0.05, 0) is 56.0 Å². The van der Waals surface area contributed by atoms with Crippen LogP contribution in [0, 0.1) is 0 Å². The molecule has 3 aromatic rings. The van der Waals surface area contributed by atoms with Crippen LogP contribution < -0.4 is 10.9 Å². The Kier molecular flexibility index (Phi) is 5.77. The monoisotopic (exact) mass is 406 g/mol. The maximum atomic E-state index is 12.3. The zero-order valence-corrected chi connectivity index (χ0v) is 18.0. The number of H-pyrrole nitrogens is 1. The average molecular weight is 407 g/mol. The Morgan fingerprint density at radius 3 is 2.87 bits per heavy atom. The number of benzene rings is 1. The van der Waals surface area contributed by atoms with Gasteiger partial charge in [0.2, 0.25) is 5.91 Å². The number of hydrogen-bond donors (Lipinski definition) is 2. The summed E-state index contributed by atoms with van der Waals surface area (Å²) in [6, 6.07) is 8.82. The summed E-state index contributed by atoms with van der Waals surface area (Å²) in [6.45, 7) is 6.86. The van der Waals surface area contributed by atoms with E-state index in [0.29, 0.717) is 11.9 Å². The highest BCUT2D eigenvalue weighted by atomic mass is 16.1. The van der Waals surface area contributed by atoms with Crippen LogP contribution in [-0.4, -0.2) is 39.5 Å². The van der Waals surface area contributed by atoms with E-state index >= 15 is 0 Å². The van der Waals surface area contributed by atoms with Crippen LogP contribution in [0.2, 0.25) is 0 Å². The number of fused-ring (bicyclic) bond motifs is 2. The van der Waals surface area contributed by atoms with Crippen molar-refractivity contribution >= 4 is 16.8 Å². The van der Waals surface area contributed by atoms with Gasteiger partial charge in [-0.25, -0.2) is 0 Å². The topological polar surface area (TPSA) is 70.1 Å². The molecule has 0 radical (unpaired) electrons. The number of rotatable bonds is 6. The Bertz CT molecular complexity index is 1130. The first-order valence-corrected chi connectivity index (χ1v) is 10.7. The summed E-state index contributed by atoms with van der Waals surface area (Å²) in [5.41, 5.74) is 5.60. The van der Waals surface area contributed by atoms with Gasteiger partial charge in [-0.3, -0.25) is 14.5 Å². The molecule has 6 heteroatoms. The summed E-state index contributed by atoms with van der Waals surface area (Å²) >= 11 is 0. The van der Waals surface area contributed by atoms with E-state index in [9.17, 15) is 9.59 Å². The lowest BCUT2D eigenvalue weighted by Gasteiger charge is -2.29. The normalized spacial score (nSPS) is 14.3. The molecule has 2 aromatic heterocycles. The Balaban J connectivity index is 1.47. The highest BCUT2D eigenvalue weighted by Crippen LogP contribution is 2.30. The maximum Gasteiger partial charge on any atom is 0.274 e. The van der Waals surface area contributed by atoms with E-state index in [0.717, 1.165) is 49.0 Å². The van der Waals surface area contributed by atoms with Gasteiger partial charge in [0.25, 0.3) is 5.56 Å². The van der Waals surface area contributed by atoms with E-state index in [1.54, 1.807) is 11.6 Å². The van der Waals surface area contributed by atoms with Crippen molar-refractivity contribution in [3.8, 4) is 11.1 Å². The largest absolute Gasteiger partial charge is 0.357 e. The Morgan fingerprint density at radius 1 is 1.23 bits per heavy atom. The minimum Gasteiger partial charge on any atom is -0.357 e. The molecule has 6 nitrogen and oxygen atoms in total. The number of carbonyl (C=O) groups excluding carboxylic acids is 1. The van der Waals surface area contributed by atoms with Crippen LogP contribution in [0.15, 0.2) is 41.5 Å². The molecule has 3 heterocycles. The van der Waals surface area contributed by atoms with Gasteiger partial charge in [-0.15, -0.1) is 0 Å². The van der Waals surface area contributed by atoms with Crippen molar-refractivity contribution in [3.63, 3.8) is 0 Å². The van der Waals surface area contributed by atoms with Crippen molar-refractivity contribution in [2.45, 2.75) is 45.7 Å². The summed E-state index contributed by atoms with van der Waals surface area (Å²) in [5.74, 6) is 0.139. The van der Waals surface area contributed by atoms with Gasteiger partial charge >= 0.3 is 0 Å². The fourth-order valence-corrected chi connectivity index (χ4v) is 4.33. The van der Waals surface area contributed by atoms with Gasteiger partial charge in [0.15, 0.2) is 0 Å². The standard InChI is InChI=1S/C24H30N4O2/c1-16(2)26-22(29)5-4-11-28-12-9-17-13-18(6-7-19(17)14-28)21-15-27(3)24(30)23-20(21)8-10-25-23/h6-8,10,13,15-16,25H,4-5,9,11-12,14H2,1-3H3,(H,26,29). The zero-order valence-electron chi connectivity index (χ0n) is 18.0. The number of pyridine rings is 1. The molecule has 1 amide bonds. The van der Waals surface area contributed by atoms with Crippen LogP contribution in [-0.2, 0) is 24.8 Å². The smallest absolute Gasteiger partial charge is 0.274 e. The van der Waals surface area contributed by atoms with E-state index in [2.05, 4.69) is 33.4 Å². The molecule has 0 saturated heterocycles. The summed E-state index contributed by atoms with van der Waals surface area (Å²) in [5, 5.41) is 3.92. The number of aromatic amines is 1. The number of nitrogens with one attached hydrogen (secondary N) is 2. The molecule has 158 valence electrons. The lowest BCUT2D eigenvalue weighted by Crippen LogP contribution is -2.33. The Labute approximate surface area is 176 Å². The van der Waals surface area contributed by atoms with Gasteiger partial charge in [0.1, 0.15) is 5.52 Å². The van der Waals surface area contributed by atoms with Gasteiger partial charge < -0.3 is 14.9 Å². The fraction of sp³-hybridized carbons (Fsp3) is 0.417. The third-order valence-corrected chi connectivity index (χ3v) is 5.83. The lowest BCUT2D eigenvalue weighted by molar-refractivity contribution is -0.121. The quantitative estimate of drug-likeness (QED) is 0.660. The minimum absolute atomic E-state index is 0.00516. The van der Waals surface area contributed by atoms with Crippen molar-refractivity contribution in [1.82, 2.24) is 19.8 Å². The summed E-state index contributed by atoms with van der Waals surface area (Å²) in [6.07, 6.45) is 6.23. The van der Waals surface area contributed by atoms with Crippen molar-refractivity contribution in [2.75, 3.05) is 13.1 Å². The SMILES string of the molecule is CC(C)NC(=O)CCCN1CCc2cc(-c3cn(C)c(=O)c4[nH]ccc34)ccc2C1. The van der Waals surface area contributed by atoms with E-state index in [1.807, 2.05) is 32.3 Å². The van der Waals surface area contributed by atoms with Crippen molar-refractivity contribution < 1.29 is 4.79 Å². The molecule has 1 aromatic carbocycles. The molecule has 30 heavy (non-hydrogen) atoms. The molecule has 0 fully saturated rings. The molecule has 1 aliphatic heterocycles. The summed E-state index contributed by atoms with van der Waals surface area (Å²) < 4.78 is 1.64. The van der Waals surface area contributed by atoms with E-state index in [-0.39, 0.29) is 17.5 Å². The third kappa shape index (κ3) is 4.19. The van der Waals surface area contributed by atoms with Crippen molar-refractivity contribution in [1.29, 1.82) is 0 Å². The van der Waals surface area contributed by atoms with Crippen LogP contribution in [0.4, 0.5) is 0 Å². The number of hydrogen-bond acceptors (Lipinski definition) is 3. The van der Waals surface area contributed by atoms with Crippen LogP contribution in [0.3, 0.4) is 0 Å². The van der Waals surface area contributed by atoms with Crippen LogP contribution in [0.1, 0.15) is 37.8 Å². The van der Waals surface area contributed by atoms with E-state index in [4.69, 9.17) is 0 Å². The summed E-state index contributed by atoms with van der Waals surface area (Å²) in [4.78, 5) is 29.7. The van der Waals surface area contributed by atoms with Gasteiger partial charge in [0.05, 0.1) is 0 Å². The van der Waals surface area contributed by atoms with Gasteiger partial charge in [0, 0.05) is 55.9 Å². The second-order valence-corrected chi connectivity index (χ2v) is 8.56. The molecular formula is C24H30N4O2. The molecule has 0 saturated carbocycles. The van der Waals surface area contributed by atoms with E-state index < -0.39 is 0 Å². The first-order chi connectivity index (χ1) is 14.4. The molecule has 0 bridgehead atoms. The molecule has 1 aliphatic rings. The zero-order chi connectivity index (χ0) is 21.3. The second-order valence-electron chi connectivity index (χ2n) is 8.56. The maximum absolute atomic E-state index is 12.3. The molecule has 0 spiro atoms. The highest BCUT2D eigenvalue weighted by molar-refractivity contribution is 5.94. The molecule has 0 unspecified atom stereocenters. The third-order valence-electron chi connectivity index (χ3n) is 5.83. The molecular weight excluding hydrogens is 376 g/mol. The molecule has 4 rings (SSSR count). The molecule has 0 aliphatic carbocycles. The second kappa shape index (κ2) is 8.48. The predicted octanol–water partition coefficient (Wildman–Crippen LogP) is 3.20. The average Bonchev–Trinajstić information content (AvgIpc) is 3.20. The number of aryl methyl sites for hydroxylation is 1. The lowest BCUT2D eigenvalue weighted by atomic mass is 9.94. The number of carbonyl (C=O) groups is 1. The highest BCUT2D eigenvalue weighted by Gasteiger charge is 2.18. The van der Waals surface area contributed by atoms with Crippen molar-refractivity contribution in [3.05, 3.63) is 58.1 Å². The number of amides is 1. The van der Waals surface area contributed by atoms with Gasteiger partial charge in [-0.2, -0.15) is 0 Å². The van der Waals surface area contributed by atoms with Crippen LogP contribution in [0.5, 0.6) is 0 Å². The van der Waals surface area contributed by atoms with Gasteiger partial charge in [-0.1, -0.05) is 18.2 Å². The Morgan fingerprint density at radius 2 is 2.07 bits per heavy atom. The number of nitrogens with zero attached hydrogens (tertiary/aromatic N) is 2. The minimum atomic E-state index is -0.00516. The first-order valence-electron chi connectivity index (χ1n) is 10.7. The first kappa shape index (κ1) is 20.4. The molecule has 2 N–H and O–H groups in total. The summed E-state index contributed by atoms with van der Waals surface area (Å²) in [7, 11) is 1.80. The fourth-order valence-electron chi connectivity index (χ4n) is 4.33. The Hall–Kier alpha value is -2.86. The van der Waals surface area contributed by atoms with Crippen LogP contribution >= 0.6 is 0 Å².